The molecule has 2 fully saturated rings. The van der Waals surface area contributed by atoms with Crippen LogP contribution in [0.4, 0.5) is 13.2 Å². The van der Waals surface area contributed by atoms with Gasteiger partial charge in [0.1, 0.15) is 42.0 Å². The Morgan fingerprint density at radius 3 is 2.50 bits per heavy atom. The van der Waals surface area contributed by atoms with Gasteiger partial charge in [-0.15, -0.1) is 5.10 Å². The standard InChI is InChI=1S/C30H24ClF3N6O4/c1-15-35-29(40(37-15)19-9-5-8-18(31)12-19)28-26(41)25(27-23(43-28)14-42-30(44-27)16-6-3-2-4-7-16)39-13-22(36-38-39)17-10-20(32)24(34)21(33)11-17/h2-13,23,25-28,30,41H,14H2,1H3/t23-,25-,26-,27+,28-,30+/m1/s1. The van der Waals surface area contributed by atoms with Crippen LogP contribution in [-0.2, 0) is 14.2 Å². The van der Waals surface area contributed by atoms with Crippen LogP contribution >= 0.6 is 11.6 Å². The van der Waals surface area contributed by atoms with Gasteiger partial charge in [-0.2, -0.15) is 5.10 Å². The Hall–Kier alpha value is -4.14. The van der Waals surface area contributed by atoms with Gasteiger partial charge >= 0.3 is 0 Å². The van der Waals surface area contributed by atoms with E-state index in [-0.39, 0.29) is 17.9 Å². The molecular formula is C30H24ClF3N6O4. The first-order chi connectivity index (χ1) is 21.3. The van der Waals surface area contributed by atoms with Crippen molar-refractivity contribution in [2.24, 2.45) is 0 Å². The summed E-state index contributed by atoms with van der Waals surface area (Å²) in [6.07, 6.45) is -3.25. The average molecular weight is 625 g/mol. The van der Waals surface area contributed by atoms with E-state index >= 15 is 0 Å². The minimum absolute atomic E-state index is 0.0336. The largest absolute Gasteiger partial charge is 0.388 e. The van der Waals surface area contributed by atoms with Crippen molar-refractivity contribution >= 4 is 11.6 Å². The molecule has 5 aromatic rings. The van der Waals surface area contributed by atoms with E-state index in [9.17, 15) is 18.3 Å². The van der Waals surface area contributed by atoms with Crippen molar-refractivity contribution in [3.8, 4) is 16.9 Å². The molecule has 0 spiro atoms. The molecule has 0 bridgehead atoms. The fourth-order valence-corrected chi connectivity index (χ4v) is 5.77. The van der Waals surface area contributed by atoms with E-state index in [0.717, 1.165) is 17.7 Å². The van der Waals surface area contributed by atoms with Crippen LogP contribution in [0, 0.1) is 24.4 Å². The number of ether oxygens (including phenoxy) is 3. The van der Waals surface area contributed by atoms with Gasteiger partial charge in [0.15, 0.2) is 29.6 Å². The highest BCUT2D eigenvalue weighted by Gasteiger charge is 2.52. The lowest BCUT2D eigenvalue weighted by Crippen LogP contribution is -2.57. The third kappa shape index (κ3) is 5.16. The minimum Gasteiger partial charge on any atom is -0.388 e. The topological polar surface area (TPSA) is 109 Å². The fourth-order valence-electron chi connectivity index (χ4n) is 5.58. The molecule has 2 saturated heterocycles. The summed E-state index contributed by atoms with van der Waals surface area (Å²) in [6.45, 7) is 1.81. The Morgan fingerprint density at radius 2 is 1.75 bits per heavy atom. The van der Waals surface area contributed by atoms with Crippen LogP contribution in [0.2, 0.25) is 5.02 Å². The Kier molecular flexibility index (Phi) is 7.42. The first-order valence-electron chi connectivity index (χ1n) is 13.7. The van der Waals surface area contributed by atoms with Crippen LogP contribution in [0.1, 0.15) is 35.6 Å². The molecule has 1 N–H and O–H groups in total. The van der Waals surface area contributed by atoms with E-state index < -0.39 is 54.2 Å². The Morgan fingerprint density at radius 1 is 0.977 bits per heavy atom. The molecular weight excluding hydrogens is 601 g/mol. The molecule has 44 heavy (non-hydrogen) atoms. The number of aliphatic hydroxyl groups is 1. The zero-order valence-corrected chi connectivity index (χ0v) is 23.7. The predicted octanol–water partition coefficient (Wildman–Crippen LogP) is 5.06. The maximum Gasteiger partial charge on any atom is 0.194 e. The number of aryl methyl sites for hydroxylation is 1. The van der Waals surface area contributed by atoms with Gasteiger partial charge in [-0.1, -0.05) is 53.2 Å². The van der Waals surface area contributed by atoms with Crippen LogP contribution in [0.25, 0.3) is 16.9 Å². The lowest BCUT2D eigenvalue weighted by atomic mass is 9.91. The molecule has 4 heterocycles. The van der Waals surface area contributed by atoms with Crippen molar-refractivity contribution in [3.63, 3.8) is 0 Å². The van der Waals surface area contributed by atoms with Crippen LogP contribution in [-0.4, -0.2) is 59.8 Å². The number of fused-ring (bicyclic) bond motifs is 1. The minimum atomic E-state index is -1.59. The van der Waals surface area contributed by atoms with Crippen molar-refractivity contribution in [2.45, 2.75) is 43.7 Å². The lowest BCUT2D eigenvalue weighted by Gasteiger charge is -2.47. The monoisotopic (exact) mass is 624 g/mol. The highest BCUT2D eigenvalue weighted by atomic mass is 35.5. The zero-order chi connectivity index (χ0) is 30.5. The normalized spacial score (nSPS) is 25.1. The Labute approximate surface area is 253 Å². The number of hydrogen-bond donors (Lipinski definition) is 1. The summed E-state index contributed by atoms with van der Waals surface area (Å²) in [6, 6.07) is 17.0. The first kappa shape index (κ1) is 28.6. The molecule has 10 nitrogen and oxygen atoms in total. The van der Waals surface area contributed by atoms with Crippen molar-refractivity contribution in [1.82, 2.24) is 29.8 Å². The number of aromatic nitrogens is 6. The summed E-state index contributed by atoms with van der Waals surface area (Å²) in [7, 11) is 0. The molecule has 0 amide bonds. The van der Waals surface area contributed by atoms with Crippen LogP contribution < -0.4 is 0 Å². The predicted molar refractivity (Wildman–Crippen MR) is 149 cm³/mol. The van der Waals surface area contributed by atoms with E-state index in [0.29, 0.717) is 22.4 Å². The second-order valence-corrected chi connectivity index (χ2v) is 10.9. The maximum atomic E-state index is 14.0. The third-order valence-corrected chi connectivity index (χ3v) is 7.82. The second-order valence-electron chi connectivity index (χ2n) is 10.5. The molecule has 14 heteroatoms. The van der Waals surface area contributed by atoms with Gasteiger partial charge in [0, 0.05) is 16.1 Å². The highest BCUT2D eigenvalue weighted by molar-refractivity contribution is 6.30. The first-order valence-corrected chi connectivity index (χ1v) is 14.1. The molecule has 3 aromatic carbocycles. The number of halogens is 4. The molecule has 2 aromatic heterocycles. The zero-order valence-electron chi connectivity index (χ0n) is 23.0. The van der Waals surface area contributed by atoms with E-state index in [1.807, 2.05) is 30.3 Å². The van der Waals surface area contributed by atoms with Gasteiger partial charge in [0.05, 0.1) is 18.5 Å². The number of nitrogens with zero attached hydrogens (tertiary/aromatic N) is 6. The van der Waals surface area contributed by atoms with Crippen LogP contribution in [0.3, 0.4) is 0 Å². The van der Waals surface area contributed by atoms with Gasteiger partial charge in [0.25, 0.3) is 0 Å². The van der Waals surface area contributed by atoms with E-state index in [1.165, 1.54) is 10.9 Å². The number of hydrogen-bond acceptors (Lipinski definition) is 8. The summed E-state index contributed by atoms with van der Waals surface area (Å²) in [5.74, 6) is -3.59. The average Bonchev–Trinajstić information content (AvgIpc) is 3.66. The number of aliphatic hydroxyl groups excluding tert-OH is 1. The summed E-state index contributed by atoms with van der Waals surface area (Å²) >= 11 is 6.25. The van der Waals surface area contributed by atoms with Crippen molar-refractivity contribution in [1.29, 1.82) is 0 Å². The second kappa shape index (κ2) is 11.4. The molecule has 7 rings (SSSR count). The summed E-state index contributed by atoms with van der Waals surface area (Å²) < 4.78 is 63.4. The molecule has 2 aliphatic heterocycles. The van der Waals surface area contributed by atoms with E-state index in [2.05, 4.69) is 20.4 Å². The fraction of sp³-hybridized carbons (Fsp3) is 0.267. The van der Waals surface area contributed by atoms with Gasteiger partial charge < -0.3 is 19.3 Å². The molecule has 2 aliphatic rings. The van der Waals surface area contributed by atoms with Crippen molar-refractivity contribution in [2.75, 3.05) is 6.61 Å². The molecule has 6 atom stereocenters. The Bertz CT molecular complexity index is 1800. The third-order valence-electron chi connectivity index (χ3n) is 7.59. The quantitative estimate of drug-likeness (QED) is 0.270. The molecule has 226 valence electrons. The lowest BCUT2D eigenvalue weighted by molar-refractivity contribution is -0.319. The SMILES string of the molecule is Cc1nc([C@@H]2O[C@@H]3CO[C@H](c4ccccc4)O[C@@H]3[C@H](n3cc(-c4cc(F)c(F)c(F)c4)nn3)[C@H]2O)n(-c2cccc(Cl)c2)n1. The van der Waals surface area contributed by atoms with E-state index in [4.69, 9.17) is 25.8 Å². The molecule has 0 saturated carbocycles. The van der Waals surface area contributed by atoms with Crippen LogP contribution in [0.15, 0.2) is 72.9 Å². The summed E-state index contributed by atoms with van der Waals surface area (Å²) in [5, 5.41) is 25.2. The number of rotatable bonds is 5. The van der Waals surface area contributed by atoms with Gasteiger partial charge in [-0.25, -0.2) is 27.5 Å². The van der Waals surface area contributed by atoms with Gasteiger partial charge in [-0.3, -0.25) is 0 Å². The smallest absolute Gasteiger partial charge is 0.194 e. The molecule has 0 aliphatic carbocycles. The van der Waals surface area contributed by atoms with Crippen LogP contribution in [0.5, 0.6) is 0 Å². The van der Waals surface area contributed by atoms with Crippen molar-refractivity contribution < 1.29 is 32.5 Å². The summed E-state index contributed by atoms with van der Waals surface area (Å²) in [4.78, 5) is 4.58. The maximum absolute atomic E-state index is 14.0. The van der Waals surface area contributed by atoms with Gasteiger partial charge in [-0.05, 0) is 37.3 Å². The van der Waals surface area contributed by atoms with E-state index in [1.54, 1.807) is 35.9 Å². The summed E-state index contributed by atoms with van der Waals surface area (Å²) in [5.41, 5.74) is 1.38. The number of benzene rings is 3. The molecule has 0 unspecified atom stereocenters. The van der Waals surface area contributed by atoms with Gasteiger partial charge in [0.2, 0.25) is 0 Å². The molecule has 0 radical (unpaired) electrons. The van der Waals surface area contributed by atoms with Crippen molar-refractivity contribution in [3.05, 3.63) is 113 Å². The highest BCUT2D eigenvalue weighted by Crippen LogP contribution is 2.44. The Balaban J connectivity index is 1.29.